The third-order valence-corrected chi connectivity index (χ3v) is 3.65. The minimum Gasteiger partial charge on any atom is -0.481 e. The molecule has 1 fully saturated rings. The van der Waals surface area contributed by atoms with E-state index in [1.165, 1.54) is 0 Å². The zero-order valence-corrected chi connectivity index (χ0v) is 9.75. The molecular weight excluding hydrogens is 216 g/mol. The van der Waals surface area contributed by atoms with Crippen LogP contribution in [-0.4, -0.2) is 22.3 Å². The predicted octanol–water partition coefficient (Wildman–Crippen LogP) is 2.41. The fraction of sp³-hybridized carbons (Fsp3) is 0.500. The van der Waals surface area contributed by atoms with E-state index >= 15 is 0 Å². The second kappa shape index (κ2) is 5.32. The summed E-state index contributed by atoms with van der Waals surface area (Å²) in [7, 11) is 0. The molecule has 3 heteroatoms. The Labute approximate surface area is 101 Å². The molecule has 2 atom stereocenters. The van der Waals surface area contributed by atoms with Crippen LogP contribution in [0.3, 0.4) is 0 Å². The van der Waals surface area contributed by atoms with Crippen molar-refractivity contribution >= 4 is 5.97 Å². The first-order valence-corrected chi connectivity index (χ1v) is 6.16. The molecule has 3 nitrogen and oxygen atoms in total. The summed E-state index contributed by atoms with van der Waals surface area (Å²) >= 11 is 0. The smallest absolute Gasteiger partial charge is 0.313 e. The average molecular weight is 234 g/mol. The summed E-state index contributed by atoms with van der Waals surface area (Å²) in [5, 5.41) is 19.5. The number of aliphatic hydroxyl groups excluding tert-OH is 1. The normalized spacial score (nSPS) is 20.1. The molecule has 0 spiro atoms. The number of aliphatic carboxylic acids is 1. The van der Waals surface area contributed by atoms with Gasteiger partial charge in [0, 0.05) is 0 Å². The van der Waals surface area contributed by atoms with Gasteiger partial charge in [0.2, 0.25) is 0 Å². The molecule has 0 unspecified atom stereocenters. The van der Waals surface area contributed by atoms with Gasteiger partial charge in [0.05, 0.1) is 6.10 Å². The van der Waals surface area contributed by atoms with Gasteiger partial charge < -0.3 is 10.2 Å². The fourth-order valence-electron chi connectivity index (χ4n) is 2.72. The molecule has 0 amide bonds. The van der Waals surface area contributed by atoms with Crippen LogP contribution in [0.1, 0.15) is 37.2 Å². The highest BCUT2D eigenvalue weighted by molar-refractivity contribution is 5.76. The number of hydrogen-bond donors (Lipinski definition) is 2. The van der Waals surface area contributed by atoms with E-state index in [1.807, 2.05) is 18.2 Å². The first-order chi connectivity index (χ1) is 8.20. The summed E-state index contributed by atoms with van der Waals surface area (Å²) in [6.45, 7) is 0. The first-order valence-electron chi connectivity index (χ1n) is 6.16. The van der Waals surface area contributed by atoms with Crippen molar-refractivity contribution in [1.82, 2.24) is 0 Å². The zero-order valence-electron chi connectivity index (χ0n) is 9.75. The Morgan fingerprint density at radius 3 is 2.29 bits per heavy atom. The standard InChI is InChI=1S/C14H18O3/c15-13(11-8-4-5-9-11)12(14(16)17)10-6-2-1-3-7-10/h1-3,6-7,11-13,15H,4-5,8-9H2,(H,16,17)/t12-,13-/m1/s1. The second-order valence-electron chi connectivity index (χ2n) is 4.76. The highest BCUT2D eigenvalue weighted by atomic mass is 16.4. The van der Waals surface area contributed by atoms with E-state index < -0.39 is 18.0 Å². The molecule has 0 radical (unpaired) electrons. The molecule has 0 aromatic heterocycles. The summed E-state index contributed by atoms with van der Waals surface area (Å²) in [6.07, 6.45) is 3.32. The van der Waals surface area contributed by atoms with Gasteiger partial charge in [-0.25, -0.2) is 0 Å². The number of carboxylic acid groups (broad SMARTS) is 1. The molecule has 0 saturated heterocycles. The van der Waals surface area contributed by atoms with Crippen LogP contribution in [0.2, 0.25) is 0 Å². The van der Waals surface area contributed by atoms with E-state index in [2.05, 4.69) is 0 Å². The SMILES string of the molecule is O=C(O)[C@H](c1ccccc1)[C@H](O)C1CCCC1. The zero-order chi connectivity index (χ0) is 12.3. The van der Waals surface area contributed by atoms with Crippen LogP contribution in [0.4, 0.5) is 0 Å². The molecule has 0 aliphatic heterocycles. The van der Waals surface area contributed by atoms with E-state index in [0.717, 1.165) is 25.7 Å². The highest BCUT2D eigenvalue weighted by Crippen LogP contribution is 2.34. The first kappa shape index (κ1) is 12.1. The monoisotopic (exact) mass is 234 g/mol. The summed E-state index contributed by atoms with van der Waals surface area (Å²) in [5.41, 5.74) is 0.694. The molecule has 1 aromatic carbocycles. The van der Waals surface area contributed by atoms with Crippen molar-refractivity contribution in [1.29, 1.82) is 0 Å². The third kappa shape index (κ3) is 2.67. The minimum absolute atomic E-state index is 0.135. The average Bonchev–Trinajstić information content (AvgIpc) is 2.83. The molecule has 0 heterocycles. The maximum Gasteiger partial charge on any atom is 0.313 e. The molecule has 92 valence electrons. The Kier molecular flexibility index (Phi) is 3.79. The van der Waals surface area contributed by atoms with Gasteiger partial charge >= 0.3 is 5.97 Å². The predicted molar refractivity (Wildman–Crippen MR) is 64.8 cm³/mol. The van der Waals surface area contributed by atoms with Crippen molar-refractivity contribution in [3.05, 3.63) is 35.9 Å². The molecule has 1 saturated carbocycles. The summed E-state index contributed by atoms with van der Waals surface area (Å²) in [6, 6.07) is 9.03. The Hall–Kier alpha value is -1.35. The van der Waals surface area contributed by atoms with Crippen molar-refractivity contribution in [2.24, 2.45) is 5.92 Å². The van der Waals surface area contributed by atoms with Crippen LogP contribution in [-0.2, 0) is 4.79 Å². The Bertz CT molecular complexity index is 368. The second-order valence-corrected chi connectivity index (χ2v) is 4.76. The Morgan fingerprint density at radius 2 is 1.76 bits per heavy atom. The number of carboxylic acids is 1. The Morgan fingerprint density at radius 1 is 1.18 bits per heavy atom. The fourth-order valence-corrected chi connectivity index (χ4v) is 2.72. The third-order valence-electron chi connectivity index (χ3n) is 3.65. The van der Waals surface area contributed by atoms with Crippen LogP contribution in [0.5, 0.6) is 0 Å². The van der Waals surface area contributed by atoms with Crippen molar-refractivity contribution in [2.75, 3.05) is 0 Å². The minimum atomic E-state index is -0.935. The summed E-state index contributed by atoms with van der Waals surface area (Å²) in [5.74, 6) is -1.59. The summed E-state index contributed by atoms with van der Waals surface area (Å²) < 4.78 is 0. The molecule has 1 aliphatic rings. The maximum absolute atomic E-state index is 11.3. The van der Waals surface area contributed by atoms with Gasteiger partial charge in [-0.2, -0.15) is 0 Å². The molecule has 2 N–H and O–H groups in total. The molecule has 17 heavy (non-hydrogen) atoms. The lowest BCUT2D eigenvalue weighted by Gasteiger charge is -2.24. The molecule has 1 aliphatic carbocycles. The Balaban J connectivity index is 2.20. The molecule has 2 rings (SSSR count). The van der Waals surface area contributed by atoms with Crippen molar-refractivity contribution in [3.63, 3.8) is 0 Å². The van der Waals surface area contributed by atoms with Crippen molar-refractivity contribution in [3.8, 4) is 0 Å². The molecule has 1 aromatic rings. The number of rotatable bonds is 4. The van der Waals surface area contributed by atoms with Gasteiger partial charge in [-0.05, 0) is 24.3 Å². The lowest BCUT2D eigenvalue weighted by molar-refractivity contribution is -0.142. The van der Waals surface area contributed by atoms with Gasteiger partial charge in [0.15, 0.2) is 0 Å². The molecular formula is C14H18O3. The van der Waals surface area contributed by atoms with Crippen molar-refractivity contribution in [2.45, 2.75) is 37.7 Å². The molecule has 0 bridgehead atoms. The van der Waals surface area contributed by atoms with Crippen LogP contribution >= 0.6 is 0 Å². The van der Waals surface area contributed by atoms with Gasteiger partial charge in [0.1, 0.15) is 5.92 Å². The lowest BCUT2D eigenvalue weighted by Crippen LogP contribution is -2.31. The van der Waals surface area contributed by atoms with E-state index in [1.54, 1.807) is 12.1 Å². The largest absolute Gasteiger partial charge is 0.481 e. The van der Waals surface area contributed by atoms with E-state index in [4.69, 9.17) is 0 Å². The van der Waals surface area contributed by atoms with E-state index in [9.17, 15) is 15.0 Å². The topological polar surface area (TPSA) is 57.5 Å². The quantitative estimate of drug-likeness (QED) is 0.841. The van der Waals surface area contributed by atoms with E-state index in [0.29, 0.717) is 5.56 Å². The number of carbonyl (C=O) groups is 1. The van der Waals surface area contributed by atoms with E-state index in [-0.39, 0.29) is 5.92 Å². The van der Waals surface area contributed by atoms with Gasteiger partial charge in [0.25, 0.3) is 0 Å². The van der Waals surface area contributed by atoms with Gasteiger partial charge in [-0.15, -0.1) is 0 Å². The van der Waals surface area contributed by atoms with Crippen LogP contribution in [0.15, 0.2) is 30.3 Å². The van der Waals surface area contributed by atoms with Crippen molar-refractivity contribution < 1.29 is 15.0 Å². The highest BCUT2D eigenvalue weighted by Gasteiger charge is 2.35. The van der Waals surface area contributed by atoms with Gasteiger partial charge in [-0.1, -0.05) is 43.2 Å². The van der Waals surface area contributed by atoms with Crippen LogP contribution in [0, 0.1) is 5.92 Å². The van der Waals surface area contributed by atoms with Gasteiger partial charge in [-0.3, -0.25) is 4.79 Å². The lowest BCUT2D eigenvalue weighted by atomic mass is 9.85. The number of benzene rings is 1. The maximum atomic E-state index is 11.3. The van der Waals surface area contributed by atoms with Crippen LogP contribution in [0.25, 0.3) is 0 Å². The number of aliphatic hydroxyl groups is 1. The number of hydrogen-bond acceptors (Lipinski definition) is 2. The summed E-state index contributed by atoms with van der Waals surface area (Å²) in [4.78, 5) is 11.3. The van der Waals surface area contributed by atoms with Crippen LogP contribution < -0.4 is 0 Å².